The summed E-state index contributed by atoms with van der Waals surface area (Å²) < 4.78 is 43.9. The summed E-state index contributed by atoms with van der Waals surface area (Å²) in [6, 6.07) is 0.287. The van der Waals surface area contributed by atoms with E-state index in [1.807, 2.05) is 0 Å². The number of nitrogens with two attached hydrogens (primary N) is 1. The molecular weight excluding hydrogens is 269 g/mol. The maximum atomic E-state index is 12.8. The van der Waals surface area contributed by atoms with Crippen LogP contribution in [0.3, 0.4) is 0 Å². The molecule has 1 aliphatic heterocycles. The lowest BCUT2D eigenvalue weighted by molar-refractivity contribution is -0.191. The lowest BCUT2D eigenvalue weighted by Crippen LogP contribution is -2.63. The van der Waals surface area contributed by atoms with Gasteiger partial charge in [0.05, 0.1) is 19.1 Å². The van der Waals surface area contributed by atoms with E-state index in [0.717, 1.165) is 13.0 Å². The predicted molar refractivity (Wildman–Crippen MR) is 71.4 cm³/mol. The topological polar surface area (TPSA) is 38.5 Å². The van der Waals surface area contributed by atoms with Crippen LogP contribution in [0.2, 0.25) is 0 Å². The zero-order valence-electron chi connectivity index (χ0n) is 12.1. The molecule has 1 saturated heterocycles. The third-order valence-corrected chi connectivity index (χ3v) is 5.07. The fourth-order valence-corrected chi connectivity index (χ4v) is 3.71. The smallest absolute Gasteiger partial charge is 0.378 e. The maximum absolute atomic E-state index is 12.8. The summed E-state index contributed by atoms with van der Waals surface area (Å²) in [5.74, 6) is -1.15. The molecule has 3 nitrogen and oxygen atoms in total. The number of hydrogen-bond acceptors (Lipinski definition) is 3. The molecule has 0 radical (unpaired) electrons. The van der Waals surface area contributed by atoms with Gasteiger partial charge in [-0.25, -0.2) is 0 Å². The Hall–Kier alpha value is -0.330. The summed E-state index contributed by atoms with van der Waals surface area (Å²) in [5, 5.41) is 0. The van der Waals surface area contributed by atoms with Crippen LogP contribution in [0.25, 0.3) is 0 Å². The monoisotopic (exact) mass is 294 g/mol. The molecule has 0 aromatic heterocycles. The van der Waals surface area contributed by atoms with Crippen LogP contribution in [-0.4, -0.2) is 49.0 Å². The van der Waals surface area contributed by atoms with Gasteiger partial charge in [-0.3, -0.25) is 4.90 Å². The van der Waals surface area contributed by atoms with Gasteiger partial charge in [0.1, 0.15) is 0 Å². The number of alkyl halides is 3. The fraction of sp³-hybridized carbons (Fsp3) is 1.00. The Morgan fingerprint density at radius 3 is 2.45 bits per heavy atom. The van der Waals surface area contributed by atoms with E-state index in [-0.39, 0.29) is 24.4 Å². The first-order chi connectivity index (χ1) is 9.43. The van der Waals surface area contributed by atoms with Gasteiger partial charge >= 0.3 is 6.18 Å². The lowest BCUT2D eigenvalue weighted by atomic mass is 9.74. The molecule has 1 unspecified atom stereocenters. The van der Waals surface area contributed by atoms with E-state index >= 15 is 0 Å². The fourth-order valence-electron chi connectivity index (χ4n) is 3.71. The van der Waals surface area contributed by atoms with E-state index in [4.69, 9.17) is 10.5 Å². The van der Waals surface area contributed by atoms with Crippen molar-refractivity contribution >= 4 is 0 Å². The minimum absolute atomic E-state index is 0.203. The molecule has 0 bridgehead atoms. The maximum Gasteiger partial charge on any atom is 0.391 e. The van der Waals surface area contributed by atoms with Crippen molar-refractivity contribution in [1.29, 1.82) is 0 Å². The van der Waals surface area contributed by atoms with Gasteiger partial charge in [0.15, 0.2) is 0 Å². The standard InChI is InChI=1S/C14H25F3N2O/c1-2-12-9-20-8-7-19(12)13(10-18)5-3-11(4-6-13)14(15,16)17/h11-12H,2-10,18H2,1H3. The Morgan fingerprint density at radius 1 is 1.30 bits per heavy atom. The summed E-state index contributed by atoms with van der Waals surface area (Å²) in [6.45, 7) is 4.64. The minimum atomic E-state index is -4.06. The van der Waals surface area contributed by atoms with Crippen molar-refractivity contribution in [3.63, 3.8) is 0 Å². The third kappa shape index (κ3) is 3.12. The summed E-state index contributed by atoms with van der Waals surface area (Å²) in [6.07, 6.45) is -1.61. The second-order valence-corrected chi connectivity index (χ2v) is 6.07. The molecule has 20 heavy (non-hydrogen) atoms. The van der Waals surface area contributed by atoms with Crippen molar-refractivity contribution in [2.24, 2.45) is 11.7 Å². The summed E-state index contributed by atoms with van der Waals surface area (Å²) in [4.78, 5) is 2.34. The molecule has 2 aliphatic rings. The van der Waals surface area contributed by atoms with Gasteiger partial charge in [-0.15, -0.1) is 0 Å². The quantitative estimate of drug-likeness (QED) is 0.869. The Labute approximate surface area is 118 Å². The van der Waals surface area contributed by atoms with E-state index in [2.05, 4.69) is 11.8 Å². The van der Waals surface area contributed by atoms with Gasteiger partial charge in [0.25, 0.3) is 0 Å². The van der Waals surface area contributed by atoms with E-state index in [0.29, 0.717) is 32.6 Å². The van der Waals surface area contributed by atoms with E-state index < -0.39 is 12.1 Å². The first-order valence-electron chi connectivity index (χ1n) is 7.54. The van der Waals surface area contributed by atoms with Crippen molar-refractivity contribution in [3.8, 4) is 0 Å². The molecule has 118 valence electrons. The van der Waals surface area contributed by atoms with Crippen molar-refractivity contribution in [1.82, 2.24) is 4.90 Å². The Morgan fingerprint density at radius 2 is 1.95 bits per heavy atom. The molecule has 2 N–H and O–H groups in total. The number of ether oxygens (including phenoxy) is 1. The average molecular weight is 294 g/mol. The predicted octanol–water partition coefficient (Wildman–Crippen LogP) is 2.55. The van der Waals surface area contributed by atoms with Crippen molar-refractivity contribution < 1.29 is 17.9 Å². The largest absolute Gasteiger partial charge is 0.391 e. The van der Waals surface area contributed by atoms with E-state index in [9.17, 15) is 13.2 Å². The zero-order valence-corrected chi connectivity index (χ0v) is 12.1. The molecule has 1 heterocycles. The van der Waals surface area contributed by atoms with Crippen LogP contribution < -0.4 is 5.73 Å². The Kier molecular flexibility index (Phi) is 4.97. The molecule has 1 atom stereocenters. The van der Waals surface area contributed by atoms with Crippen molar-refractivity contribution in [3.05, 3.63) is 0 Å². The van der Waals surface area contributed by atoms with Gasteiger partial charge in [-0.05, 0) is 32.1 Å². The molecule has 2 fully saturated rings. The highest BCUT2D eigenvalue weighted by molar-refractivity contribution is 4.99. The van der Waals surface area contributed by atoms with Crippen molar-refractivity contribution in [2.75, 3.05) is 26.3 Å². The average Bonchev–Trinajstić information content (AvgIpc) is 2.46. The van der Waals surface area contributed by atoms with Gasteiger partial charge in [0.2, 0.25) is 0 Å². The molecule has 2 rings (SSSR count). The molecule has 0 aromatic rings. The highest BCUT2D eigenvalue weighted by Crippen LogP contribution is 2.44. The molecule has 0 aromatic carbocycles. The molecule has 1 saturated carbocycles. The molecule has 6 heteroatoms. The van der Waals surface area contributed by atoms with E-state index in [1.54, 1.807) is 0 Å². The molecule has 1 aliphatic carbocycles. The highest BCUT2D eigenvalue weighted by Gasteiger charge is 2.48. The van der Waals surface area contributed by atoms with Crippen LogP contribution in [0.15, 0.2) is 0 Å². The molecular formula is C14H25F3N2O. The van der Waals surface area contributed by atoms with Crippen LogP contribution in [-0.2, 0) is 4.74 Å². The van der Waals surface area contributed by atoms with Crippen LogP contribution in [0.1, 0.15) is 39.0 Å². The van der Waals surface area contributed by atoms with Gasteiger partial charge in [-0.2, -0.15) is 13.2 Å². The highest BCUT2D eigenvalue weighted by atomic mass is 19.4. The van der Waals surface area contributed by atoms with Gasteiger partial charge in [-0.1, -0.05) is 6.92 Å². The molecule has 0 spiro atoms. The second kappa shape index (κ2) is 6.20. The summed E-state index contributed by atoms with van der Waals surface area (Å²) in [5.41, 5.74) is 5.72. The Bertz CT molecular complexity index is 314. The third-order valence-electron chi connectivity index (χ3n) is 5.07. The van der Waals surface area contributed by atoms with Crippen molar-refractivity contribution in [2.45, 2.75) is 56.8 Å². The first-order valence-corrected chi connectivity index (χ1v) is 7.54. The lowest BCUT2D eigenvalue weighted by Gasteiger charge is -2.52. The summed E-state index contributed by atoms with van der Waals surface area (Å²) in [7, 11) is 0. The normalized spacial score (nSPS) is 37.0. The number of morpholine rings is 1. The van der Waals surface area contributed by atoms with Gasteiger partial charge in [0, 0.05) is 24.7 Å². The number of halogens is 3. The number of rotatable bonds is 3. The zero-order chi connectivity index (χ0) is 14.8. The van der Waals surface area contributed by atoms with E-state index in [1.165, 1.54) is 0 Å². The Balaban J connectivity index is 2.07. The minimum Gasteiger partial charge on any atom is -0.378 e. The number of hydrogen-bond donors (Lipinski definition) is 1. The second-order valence-electron chi connectivity index (χ2n) is 6.07. The number of nitrogens with zero attached hydrogens (tertiary/aromatic N) is 1. The first kappa shape index (κ1) is 16.0. The van der Waals surface area contributed by atoms with Crippen LogP contribution in [0.5, 0.6) is 0 Å². The molecule has 0 amide bonds. The van der Waals surface area contributed by atoms with Crippen LogP contribution in [0, 0.1) is 5.92 Å². The van der Waals surface area contributed by atoms with Gasteiger partial charge < -0.3 is 10.5 Å². The van der Waals surface area contributed by atoms with Crippen LogP contribution in [0.4, 0.5) is 13.2 Å². The SMILES string of the molecule is CCC1COCCN1C1(CN)CCC(C(F)(F)F)CC1. The van der Waals surface area contributed by atoms with Crippen LogP contribution >= 0.6 is 0 Å². The summed E-state index contributed by atoms with van der Waals surface area (Å²) >= 11 is 0.